The summed E-state index contributed by atoms with van der Waals surface area (Å²) >= 11 is 0. The van der Waals surface area contributed by atoms with Crippen LogP contribution in [0.5, 0.6) is 5.75 Å². The summed E-state index contributed by atoms with van der Waals surface area (Å²) in [5, 5.41) is 0. The van der Waals surface area contributed by atoms with Gasteiger partial charge in [0.1, 0.15) is 11.6 Å². The van der Waals surface area contributed by atoms with E-state index in [1.807, 2.05) is 0 Å². The first kappa shape index (κ1) is 15.9. The molecule has 0 spiro atoms. The van der Waals surface area contributed by atoms with Gasteiger partial charge in [0.25, 0.3) is 5.91 Å². The summed E-state index contributed by atoms with van der Waals surface area (Å²) in [6.07, 6.45) is 0. The highest BCUT2D eigenvalue weighted by atomic mass is 19.1. The Kier molecular flexibility index (Phi) is 5.04. The fourth-order valence-corrected chi connectivity index (χ4v) is 1.81. The molecule has 0 aliphatic heterocycles. The van der Waals surface area contributed by atoms with Gasteiger partial charge in [-0.3, -0.25) is 4.79 Å². The molecule has 3 nitrogen and oxygen atoms in total. The van der Waals surface area contributed by atoms with Crippen molar-refractivity contribution < 1.29 is 22.7 Å². The molecule has 2 rings (SSSR count). The molecular weight excluding hydrogens is 295 g/mol. The van der Waals surface area contributed by atoms with Gasteiger partial charge >= 0.3 is 0 Å². The molecule has 0 aliphatic rings. The van der Waals surface area contributed by atoms with Crippen LogP contribution in [0.4, 0.5) is 13.2 Å². The summed E-state index contributed by atoms with van der Waals surface area (Å²) < 4.78 is 44.6. The lowest BCUT2D eigenvalue weighted by atomic mass is 10.2. The highest BCUT2D eigenvalue weighted by molar-refractivity contribution is 5.77. The Morgan fingerprint density at radius 1 is 1.09 bits per heavy atom. The van der Waals surface area contributed by atoms with Crippen molar-refractivity contribution in [3.63, 3.8) is 0 Å². The number of rotatable bonds is 5. The third-order valence-corrected chi connectivity index (χ3v) is 3.04. The van der Waals surface area contributed by atoms with Gasteiger partial charge < -0.3 is 9.64 Å². The van der Waals surface area contributed by atoms with E-state index in [0.717, 1.165) is 12.1 Å². The number of carbonyl (C=O) groups is 1. The first-order valence-corrected chi connectivity index (χ1v) is 6.52. The van der Waals surface area contributed by atoms with Gasteiger partial charge in [0.2, 0.25) is 0 Å². The van der Waals surface area contributed by atoms with Crippen LogP contribution < -0.4 is 4.74 Å². The standard InChI is InChI=1S/C16H14F3NO2/c1-20(9-11-4-2-3-5-13(11)18)16(21)10-22-15-7-6-12(17)8-14(15)19/h2-8H,9-10H2,1H3. The average Bonchev–Trinajstić information content (AvgIpc) is 2.48. The zero-order valence-electron chi connectivity index (χ0n) is 11.9. The number of likely N-dealkylation sites (N-methyl/N-ethyl adjacent to an activating group) is 1. The lowest BCUT2D eigenvalue weighted by molar-refractivity contribution is -0.132. The maximum atomic E-state index is 13.5. The van der Waals surface area contributed by atoms with Crippen molar-refractivity contribution in [3.05, 3.63) is 65.5 Å². The molecule has 2 aromatic rings. The number of halogens is 3. The Morgan fingerprint density at radius 2 is 1.82 bits per heavy atom. The number of nitrogens with zero attached hydrogens (tertiary/aromatic N) is 1. The first-order valence-electron chi connectivity index (χ1n) is 6.52. The molecule has 0 aliphatic carbocycles. The molecule has 2 aromatic carbocycles. The van der Waals surface area contributed by atoms with Gasteiger partial charge in [-0.1, -0.05) is 18.2 Å². The number of benzene rings is 2. The Balaban J connectivity index is 1.93. The van der Waals surface area contributed by atoms with Gasteiger partial charge in [-0.2, -0.15) is 0 Å². The van der Waals surface area contributed by atoms with Crippen molar-refractivity contribution in [2.45, 2.75) is 6.54 Å². The second kappa shape index (κ2) is 6.98. The minimum Gasteiger partial charge on any atom is -0.481 e. The fourth-order valence-electron chi connectivity index (χ4n) is 1.81. The molecule has 1 amide bonds. The van der Waals surface area contributed by atoms with Gasteiger partial charge in [0, 0.05) is 25.2 Å². The number of amides is 1. The predicted molar refractivity (Wildman–Crippen MR) is 74.7 cm³/mol. The van der Waals surface area contributed by atoms with Gasteiger partial charge in [-0.15, -0.1) is 0 Å². The number of carbonyl (C=O) groups excluding carboxylic acids is 1. The highest BCUT2D eigenvalue weighted by Crippen LogP contribution is 2.17. The van der Waals surface area contributed by atoms with Crippen LogP contribution >= 0.6 is 0 Å². The van der Waals surface area contributed by atoms with E-state index in [4.69, 9.17) is 4.74 Å². The van der Waals surface area contributed by atoms with E-state index in [-0.39, 0.29) is 12.3 Å². The lowest BCUT2D eigenvalue weighted by Crippen LogP contribution is -2.31. The average molecular weight is 309 g/mol. The van der Waals surface area contributed by atoms with Crippen molar-refractivity contribution in [2.24, 2.45) is 0 Å². The van der Waals surface area contributed by atoms with Gasteiger partial charge in [0.15, 0.2) is 18.2 Å². The fraction of sp³-hybridized carbons (Fsp3) is 0.188. The number of ether oxygens (including phenoxy) is 1. The monoisotopic (exact) mass is 309 g/mol. The van der Waals surface area contributed by atoms with Crippen molar-refractivity contribution in [2.75, 3.05) is 13.7 Å². The van der Waals surface area contributed by atoms with Gasteiger partial charge in [-0.25, -0.2) is 13.2 Å². The molecule has 22 heavy (non-hydrogen) atoms. The molecule has 116 valence electrons. The lowest BCUT2D eigenvalue weighted by Gasteiger charge is -2.18. The topological polar surface area (TPSA) is 29.5 Å². The molecule has 0 radical (unpaired) electrons. The highest BCUT2D eigenvalue weighted by Gasteiger charge is 2.13. The maximum Gasteiger partial charge on any atom is 0.260 e. The molecule has 0 aromatic heterocycles. The molecule has 0 atom stereocenters. The summed E-state index contributed by atoms with van der Waals surface area (Å²) in [6.45, 7) is -0.353. The second-order valence-electron chi connectivity index (χ2n) is 4.70. The SMILES string of the molecule is CN(Cc1ccccc1F)C(=O)COc1ccc(F)cc1F. The molecule has 0 saturated carbocycles. The quantitative estimate of drug-likeness (QED) is 0.849. The van der Waals surface area contributed by atoms with Crippen LogP contribution in [-0.4, -0.2) is 24.5 Å². The molecule has 0 heterocycles. The maximum absolute atomic E-state index is 13.5. The van der Waals surface area contributed by atoms with Crippen LogP contribution in [0.1, 0.15) is 5.56 Å². The zero-order valence-corrected chi connectivity index (χ0v) is 11.9. The van der Waals surface area contributed by atoms with Crippen LogP contribution in [0.15, 0.2) is 42.5 Å². The molecule has 0 unspecified atom stereocenters. The van der Waals surface area contributed by atoms with E-state index < -0.39 is 30.0 Å². The Labute approximate surface area is 125 Å². The molecule has 0 N–H and O–H groups in total. The van der Waals surface area contributed by atoms with Crippen LogP contribution in [-0.2, 0) is 11.3 Å². The van der Waals surface area contributed by atoms with Gasteiger partial charge in [0.05, 0.1) is 0 Å². The minimum absolute atomic E-state index is 0.0702. The zero-order chi connectivity index (χ0) is 16.1. The number of hydrogen-bond acceptors (Lipinski definition) is 2. The van der Waals surface area contributed by atoms with Crippen molar-refractivity contribution >= 4 is 5.91 Å². The van der Waals surface area contributed by atoms with Crippen LogP contribution in [0.2, 0.25) is 0 Å². The Morgan fingerprint density at radius 3 is 2.50 bits per heavy atom. The predicted octanol–water partition coefficient (Wildman–Crippen LogP) is 3.14. The molecule has 0 bridgehead atoms. The van der Waals surface area contributed by atoms with Crippen molar-refractivity contribution in [1.82, 2.24) is 4.90 Å². The third kappa shape index (κ3) is 4.00. The van der Waals surface area contributed by atoms with Gasteiger partial charge in [-0.05, 0) is 18.2 Å². The third-order valence-electron chi connectivity index (χ3n) is 3.04. The molecular formula is C16H14F3NO2. The van der Waals surface area contributed by atoms with E-state index in [1.165, 1.54) is 18.0 Å². The summed E-state index contributed by atoms with van der Waals surface area (Å²) in [4.78, 5) is 13.2. The minimum atomic E-state index is -0.885. The Hall–Kier alpha value is -2.50. The van der Waals surface area contributed by atoms with Crippen molar-refractivity contribution in [1.29, 1.82) is 0 Å². The smallest absolute Gasteiger partial charge is 0.260 e. The van der Waals surface area contributed by atoms with E-state index in [1.54, 1.807) is 18.2 Å². The summed E-state index contributed by atoms with van der Waals surface area (Å²) in [6, 6.07) is 8.91. The van der Waals surface area contributed by atoms with Crippen LogP contribution in [0.25, 0.3) is 0 Å². The Bertz CT molecular complexity index is 676. The largest absolute Gasteiger partial charge is 0.481 e. The van der Waals surface area contributed by atoms with Crippen LogP contribution in [0.3, 0.4) is 0 Å². The van der Waals surface area contributed by atoms with E-state index in [2.05, 4.69) is 0 Å². The summed E-state index contributed by atoms with van der Waals surface area (Å²) in [7, 11) is 1.49. The van der Waals surface area contributed by atoms with Crippen molar-refractivity contribution in [3.8, 4) is 5.75 Å². The second-order valence-corrected chi connectivity index (χ2v) is 4.70. The van der Waals surface area contributed by atoms with Crippen LogP contribution in [0, 0.1) is 17.5 Å². The summed E-state index contributed by atoms with van der Waals surface area (Å²) in [5.74, 6) is -2.69. The normalized spacial score (nSPS) is 10.4. The number of hydrogen-bond donors (Lipinski definition) is 0. The van der Waals surface area contributed by atoms with E-state index in [0.29, 0.717) is 11.6 Å². The molecule has 0 fully saturated rings. The first-order chi connectivity index (χ1) is 10.5. The van der Waals surface area contributed by atoms with E-state index in [9.17, 15) is 18.0 Å². The van der Waals surface area contributed by atoms with E-state index >= 15 is 0 Å². The summed E-state index contributed by atoms with van der Waals surface area (Å²) in [5.41, 5.74) is 0.367. The molecule has 0 saturated heterocycles. The molecule has 6 heteroatoms.